The van der Waals surface area contributed by atoms with Crippen molar-refractivity contribution in [2.24, 2.45) is 0 Å². The van der Waals surface area contributed by atoms with Crippen molar-refractivity contribution in [2.75, 3.05) is 5.32 Å². The van der Waals surface area contributed by atoms with E-state index < -0.39 is 5.91 Å². The van der Waals surface area contributed by atoms with E-state index in [1.165, 1.54) is 18.2 Å². The first kappa shape index (κ1) is 14.4. The van der Waals surface area contributed by atoms with Gasteiger partial charge in [-0.3, -0.25) is 4.79 Å². The summed E-state index contributed by atoms with van der Waals surface area (Å²) in [5, 5.41) is 21.7. The molecule has 20 heavy (non-hydrogen) atoms. The van der Waals surface area contributed by atoms with Crippen LogP contribution in [-0.4, -0.2) is 16.1 Å². The normalized spacial score (nSPS) is 10.3. The van der Waals surface area contributed by atoms with Crippen molar-refractivity contribution in [3.05, 3.63) is 51.5 Å². The molecule has 0 saturated carbocycles. The van der Waals surface area contributed by atoms with Gasteiger partial charge in [-0.25, -0.2) is 0 Å². The number of phenolic OH excluding ortho intramolecular Hbond substituents is 2. The molecule has 0 unspecified atom stereocenters. The number of phenols is 2. The Labute approximate surface area is 125 Å². The highest BCUT2D eigenvalue weighted by Gasteiger charge is 2.13. The Morgan fingerprint density at radius 3 is 2.30 bits per heavy atom. The minimum absolute atomic E-state index is 0.0308. The number of halogens is 1. The lowest BCUT2D eigenvalue weighted by Crippen LogP contribution is -2.12. The quantitative estimate of drug-likeness (QED) is 0.732. The van der Waals surface area contributed by atoms with E-state index in [0.29, 0.717) is 5.69 Å². The number of hydrogen-bond donors (Lipinski definition) is 3. The summed E-state index contributed by atoms with van der Waals surface area (Å²) in [6.45, 7) is 3.86. The standard InChI is InChI=1S/C15H14BrNO3/c1-8-5-10(6-9(2)14(8)16)17-15(20)12-7-11(18)3-4-13(12)19/h3-7,18-19H,1-2H3,(H,17,20). The van der Waals surface area contributed by atoms with E-state index >= 15 is 0 Å². The topological polar surface area (TPSA) is 69.6 Å². The highest BCUT2D eigenvalue weighted by Crippen LogP contribution is 2.27. The van der Waals surface area contributed by atoms with Gasteiger partial charge >= 0.3 is 0 Å². The first-order valence-electron chi connectivity index (χ1n) is 5.98. The van der Waals surface area contributed by atoms with E-state index in [1.54, 1.807) is 0 Å². The first-order chi connectivity index (χ1) is 9.38. The maximum absolute atomic E-state index is 12.1. The van der Waals surface area contributed by atoms with Crippen molar-refractivity contribution in [3.8, 4) is 11.5 Å². The molecule has 0 heterocycles. The largest absolute Gasteiger partial charge is 0.508 e. The molecule has 0 aliphatic carbocycles. The van der Waals surface area contributed by atoms with E-state index in [0.717, 1.165) is 15.6 Å². The number of carbonyl (C=O) groups is 1. The molecule has 0 atom stereocenters. The van der Waals surface area contributed by atoms with Gasteiger partial charge in [0.2, 0.25) is 0 Å². The zero-order chi connectivity index (χ0) is 14.9. The third-order valence-corrected chi connectivity index (χ3v) is 4.17. The second kappa shape index (κ2) is 5.54. The summed E-state index contributed by atoms with van der Waals surface area (Å²) in [6, 6.07) is 7.48. The van der Waals surface area contributed by atoms with Gasteiger partial charge in [-0.15, -0.1) is 0 Å². The molecule has 0 aliphatic heterocycles. The van der Waals surface area contributed by atoms with Crippen LogP contribution in [0.4, 0.5) is 5.69 Å². The van der Waals surface area contributed by atoms with Crippen molar-refractivity contribution in [1.29, 1.82) is 0 Å². The summed E-state index contributed by atoms with van der Waals surface area (Å²) in [5.41, 5.74) is 2.67. The molecule has 4 nitrogen and oxygen atoms in total. The summed E-state index contributed by atoms with van der Waals surface area (Å²) in [5.74, 6) is -0.721. The highest BCUT2D eigenvalue weighted by atomic mass is 79.9. The number of hydrogen-bond acceptors (Lipinski definition) is 3. The van der Waals surface area contributed by atoms with Crippen molar-refractivity contribution in [3.63, 3.8) is 0 Å². The van der Waals surface area contributed by atoms with Gasteiger partial charge in [0.05, 0.1) is 5.56 Å². The zero-order valence-electron chi connectivity index (χ0n) is 11.1. The number of aryl methyl sites for hydroxylation is 2. The smallest absolute Gasteiger partial charge is 0.259 e. The maximum Gasteiger partial charge on any atom is 0.259 e. The molecule has 0 bridgehead atoms. The Morgan fingerprint density at radius 1 is 1.10 bits per heavy atom. The monoisotopic (exact) mass is 335 g/mol. The molecule has 0 spiro atoms. The maximum atomic E-state index is 12.1. The average Bonchev–Trinajstić information content (AvgIpc) is 2.38. The molecular formula is C15H14BrNO3. The molecule has 0 aliphatic rings. The predicted octanol–water partition coefficient (Wildman–Crippen LogP) is 3.73. The molecule has 0 aromatic heterocycles. The van der Waals surface area contributed by atoms with Crippen LogP contribution in [0.3, 0.4) is 0 Å². The predicted molar refractivity (Wildman–Crippen MR) is 81.3 cm³/mol. The van der Waals surface area contributed by atoms with E-state index in [-0.39, 0.29) is 17.1 Å². The molecule has 0 fully saturated rings. The van der Waals surface area contributed by atoms with Gasteiger partial charge < -0.3 is 15.5 Å². The Morgan fingerprint density at radius 2 is 1.70 bits per heavy atom. The SMILES string of the molecule is Cc1cc(NC(=O)c2cc(O)ccc2O)cc(C)c1Br. The van der Waals surface area contributed by atoms with Gasteiger partial charge in [0, 0.05) is 10.2 Å². The fourth-order valence-corrected chi connectivity index (χ4v) is 2.15. The van der Waals surface area contributed by atoms with Crippen LogP contribution in [0.25, 0.3) is 0 Å². The summed E-state index contributed by atoms with van der Waals surface area (Å²) in [4.78, 5) is 12.1. The second-order valence-electron chi connectivity index (χ2n) is 4.58. The minimum Gasteiger partial charge on any atom is -0.508 e. The Balaban J connectivity index is 2.30. The average molecular weight is 336 g/mol. The fraction of sp³-hybridized carbons (Fsp3) is 0.133. The van der Waals surface area contributed by atoms with Crippen LogP contribution in [0.15, 0.2) is 34.8 Å². The van der Waals surface area contributed by atoms with Crippen LogP contribution >= 0.6 is 15.9 Å². The molecule has 2 aromatic carbocycles. The van der Waals surface area contributed by atoms with E-state index in [2.05, 4.69) is 21.2 Å². The van der Waals surface area contributed by atoms with Crippen LogP contribution < -0.4 is 5.32 Å². The first-order valence-corrected chi connectivity index (χ1v) is 6.78. The minimum atomic E-state index is -0.473. The highest BCUT2D eigenvalue weighted by molar-refractivity contribution is 9.10. The van der Waals surface area contributed by atoms with E-state index in [9.17, 15) is 15.0 Å². The van der Waals surface area contributed by atoms with E-state index in [1.807, 2.05) is 26.0 Å². The fourth-order valence-electron chi connectivity index (χ4n) is 1.92. The van der Waals surface area contributed by atoms with Crippen molar-refractivity contribution >= 4 is 27.5 Å². The summed E-state index contributed by atoms with van der Waals surface area (Å²) in [6.07, 6.45) is 0. The summed E-state index contributed by atoms with van der Waals surface area (Å²) < 4.78 is 0.996. The van der Waals surface area contributed by atoms with E-state index in [4.69, 9.17) is 0 Å². The van der Waals surface area contributed by atoms with Crippen LogP contribution in [0.2, 0.25) is 0 Å². The zero-order valence-corrected chi connectivity index (χ0v) is 12.7. The second-order valence-corrected chi connectivity index (χ2v) is 5.37. The number of carbonyl (C=O) groups excluding carboxylic acids is 1. The van der Waals surface area contributed by atoms with Gasteiger partial charge in [-0.1, -0.05) is 15.9 Å². The third kappa shape index (κ3) is 2.93. The van der Waals surface area contributed by atoms with Crippen LogP contribution in [-0.2, 0) is 0 Å². The number of nitrogens with one attached hydrogen (secondary N) is 1. The summed E-state index contributed by atoms with van der Waals surface area (Å²) >= 11 is 3.46. The van der Waals surface area contributed by atoms with Gasteiger partial charge in [0.25, 0.3) is 5.91 Å². The van der Waals surface area contributed by atoms with Gasteiger partial charge in [-0.05, 0) is 55.3 Å². The van der Waals surface area contributed by atoms with Gasteiger partial charge in [0.15, 0.2) is 0 Å². The molecule has 5 heteroatoms. The molecule has 104 valence electrons. The molecule has 2 aromatic rings. The van der Waals surface area contributed by atoms with Gasteiger partial charge in [0.1, 0.15) is 11.5 Å². The van der Waals surface area contributed by atoms with Crippen LogP contribution in [0.1, 0.15) is 21.5 Å². The number of benzene rings is 2. The van der Waals surface area contributed by atoms with Crippen LogP contribution in [0.5, 0.6) is 11.5 Å². The lowest BCUT2D eigenvalue weighted by Gasteiger charge is -2.10. The Bertz CT molecular complexity index is 660. The summed E-state index contributed by atoms with van der Waals surface area (Å²) in [7, 11) is 0. The molecule has 0 radical (unpaired) electrons. The molecule has 0 saturated heterocycles. The Hall–Kier alpha value is -2.01. The van der Waals surface area contributed by atoms with Crippen molar-refractivity contribution in [2.45, 2.75) is 13.8 Å². The van der Waals surface area contributed by atoms with Crippen LogP contribution in [0, 0.1) is 13.8 Å². The molecule has 3 N–H and O–H groups in total. The van der Waals surface area contributed by atoms with Gasteiger partial charge in [-0.2, -0.15) is 0 Å². The molecule has 1 amide bonds. The lowest BCUT2D eigenvalue weighted by atomic mass is 10.1. The van der Waals surface area contributed by atoms with Crippen molar-refractivity contribution in [1.82, 2.24) is 0 Å². The number of aromatic hydroxyl groups is 2. The lowest BCUT2D eigenvalue weighted by molar-refractivity contribution is 0.102. The Kier molecular flexibility index (Phi) is 3.99. The number of amides is 1. The molecule has 2 rings (SSSR count). The van der Waals surface area contributed by atoms with Crippen molar-refractivity contribution < 1.29 is 15.0 Å². The number of rotatable bonds is 2. The third-order valence-electron chi connectivity index (χ3n) is 2.92. The molecular weight excluding hydrogens is 322 g/mol. The number of anilines is 1.